The summed E-state index contributed by atoms with van der Waals surface area (Å²) in [6.45, 7) is 5.64. The van der Waals surface area contributed by atoms with Crippen LogP contribution in [0.1, 0.15) is 46.5 Å². The number of hydrogen-bond donors (Lipinski definition) is 1. The van der Waals surface area contributed by atoms with E-state index in [1.165, 1.54) is 5.04 Å². The Balaban J connectivity index is 2.36. The molecule has 1 aliphatic rings. The molecule has 1 saturated carbocycles. The first-order chi connectivity index (χ1) is 8.85. The van der Waals surface area contributed by atoms with E-state index >= 15 is 0 Å². The van der Waals surface area contributed by atoms with Crippen LogP contribution < -0.4 is 5.32 Å². The van der Waals surface area contributed by atoms with E-state index in [2.05, 4.69) is 16.6 Å². The van der Waals surface area contributed by atoms with Crippen molar-refractivity contribution in [1.82, 2.24) is 5.32 Å². The Hall–Kier alpha value is -0.710. The lowest BCUT2D eigenvalue weighted by Gasteiger charge is -2.30. The van der Waals surface area contributed by atoms with Gasteiger partial charge in [0.15, 0.2) is 0 Å². The maximum atomic E-state index is 11.7. The smallest absolute Gasteiger partial charge is 0.407 e. The second-order valence-electron chi connectivity index (χ2n) is 5.96. The van der Waals surface area contributed by atoms with E-state index in [-0.39, 0.29) is 12.1 Å². The largest absolute Gasteiger partial charge is 0.444 e. The maximum absolute atomic E-state index is 11.7. The fourth-order valence-electron chi connectivity index (χ4n) is 2.40. The number of aliphatic imine (C=N–C) groups is 1. The molecule has 0 aromatic carbocycles. The highest BCUT2D eigenvalue weighted by Crippen LogP contribution is 2.28. The third-order valence-corrected chi connectivity index (χ3v) is 4.16. The van der Waals surface area contributed by atoms with Gasteiger partial charge in [-0.25, -0.2) is 4.79 Å². The van der Waals surface area contributed by atoms with Crippen molar-refractivity contribution in [3.8, 4) is 0 Å². The average molecular weight is 286 g/mol. The lowest BCUT2D eigenvalue weighted by Crippen LogP contribution is -2.41. The Morgan fingerprint density at radius 2 is 1.84 bits per heavy atom. The van der Waals surface area contributed by atoms with Crippen LogP contribution in [-0.4, -0.2) is 36.1 Å². The van der Waals surface area contributed by atoms with Crippen molar-refractivity contribution < 1.29 is 9.53 Å². The van der Waals surface area contributed by atoms with Crippen LogP contribution in [0.15, 0.2) is 4.99 Å². The molecule has 4 nitrogen and oxygen atoms in total. The zero-order chi connectivity index (χ0) is 14.5. The van der Waals surface area contributed by atoms with Gasteiger partial charge in [0.1, 0.15) is 5.60 Å². The highest BCUT2D eigenvalue weighted by Gasteiger charge is 2.26. The van der Waals surface area contributed by atoms with Gasteiger partial charge in [0.25, 0.3) is 0 Å². The SMILES string of the molecule is CN=C(SC)[C@H]1CC[C@H](NC(=O)OC(C)(C)C)CC1. The molecule has 0 aromatic heterocycles. The van der Waals surface area contributed by atoms with Gasteiger partial charge in [0.2, 0.25) is 0 Å². The minimum atomic E-state index is -0.428. The molecular weight excluding hydrogens is 260 g/mol. The molecule has 0 aliphatic heterocycles. The van der Waals surface area contributed by atoms with Crippen molar-refractivity contribution in [3.05, 3.63) is 0 Å². The predicted molar refractivity (Wildman–Crippen MR) is 82.0 cm³/mol. The average Bonchev–Trinajstić information content (AvgIpc) is 2.30. The summed E-state index contributed by atoms with van der Waals surface area (Å²) in [5.41, 5.74) is -0.428. The van der Waals surface area contributed by atoms with Crippen LogP contribution in [0.4, 0.5) is 4.79 Å². The number of carbonyl (C=O) groups excluding carboxylic acids is 1. The van der Waals surface area contributed by atoms with Gasteiger partial charge in [-0.15, -0.1) is 11.8 Å². The van der Waals surface area contributed by atoms with Crippen molar-refractivity contribution in [2.24, 2.45) is 10.9 Å². The normalized spacial score (nSPS) is 25.0. The second-order valence-corrected chi connectivity index (χ2v) is 6.79. The number of amides is 1. The zero-order valence-electron chi connectivity index (χ0n) is 12.7. The molecule has 1 aliphatic carbocycles. The molecular formula is C14H26N2O2S. The van der Waals surface area contributed by atoms with Gasteiger partial charge >= 0.3 is 6.09 Å². The predicted octanol–water partition coefficient (Wildman–Crippen LogP) is 3.46. The summed E-state index contributed by atoms with van der Waals surface area (Å²) in [5.74, 6) is 0.566. The van der Waals surface area contributed by atoms with Crippen LogP contribution in [0, 0.1) is 5.92 Å². The van der Waals surface area contributed by atoms with E-state index in [1.54, 1.807) is 11.8 Å². The van der Waals surface area contributed by atoms with Crippen LogP contribution >= 0.6 is 11.8 Å². The van der Waals surface area contributed by atoms with Gasteiger partial charge in [-0.05, 0) is 52.7 Å². The molecule has 0 heterocycles. The molecule has 0 unspecified atom stereocenters. The third kappa shape index (κ3) is 5.85. The number of alkyl carbamates (subject to hydrolysis) is 1. The van der Waals surface area contributed by atoms with Crippen molar-refractivity contribution in [2.75, 3.05) is 13.3 Å². The lowest BCUT2D eigenvalue weighted by atomic mass is 9.86. The number of nitrogens with one attached hydrogen (secondary N) is 1. The molecule has 1 fully saturated rings. The number of rotatable bonds is 2. The van der Waals surface area contributed by atoms with Crippen LogP contribution in [0.5, 0.6) is 0 Å². The van der Waals surface area contributed by atoms with Crippen LogP contribution in [0.2, 0.25) is 0 Å². The molecule has 0 atom stereocenters. The summed E-state index contributed by atoms with van der Waals surface area (Å²) < 4.78 is 5.28. The van der Waals surface area contributed by atoms with Crippen molar-refractivity contribution >= 4 is 22.9 Å². The van der Waals surface area contributed by atoms with Gasteiger partial charge in [-0.1, -0.05) is 0 Å². The Morgan fingerprint density at radius 1 is 1.26 bits per heavy atom. The van der Waals surface area contributed by atoms with Crippen molar-refractivity contribution in [2.45, 2.75) is 58.1 Å². The van der Waals surface area contributed by atoms with Gasteiger partial charge in [0, 0.05) is 19.0 Å². The highest BCUT2D eigenvalue weighted by atomic mass is 32.2. The highest BCUT2D eigenvalue weighted by molar-refractivity contribution is 8.13. The molecule has 5 heteroatoms. The summed E-state index contributed by atoms with van der Waals surface area (Å²) in [6, 6.07) is 0.242. The van der Waals surface area contributed by atoms with Gasteiger partial charge < -0.3 is 10.1 Å². The Morgan fingerprint density at radius 3 is 2.26 bits per heavy atom. The summed E-state index contributed by atoms with van der Waals surface area (Å²) in [7, 11) is 1.86. The first-order valence-electron chi connectivity index (χ1n) is 6.86. The number of thioether (sulfide) groups is 1. The summed E-state index contributed by atoms with van der Waals surface area (Å²) >= 11 is 1.74. The topological polar surface area (TPSA) is 50.7 Å². The van der Waals surface area contributed by atoms with E-state index in [4.69, 9.17) is 4.74 Å². The van der Waals surface area contributed by atoms with Crippen molar-refractivity contribution in [1.29, 1.82) is 0 Å². The van der Waals surface area contributed by atoms with Crippen LogP contribution in [0.3, 0.4) is 0 Å². The van der Waals surface area contributed by atoms with E-state index in [0.717, 1.165) is 25.7 Å². The molecule has 1 N–H and O–H groups in total. The van der Waals surface area contributed by atoms with Crippen molar-refractivity contribution in [3.63, 3.8) is 0 Å². The molecule has 0 radical (unpaired) electrons. The fourth-order valence-corrected chi connectivity index (χ4v) is 3.15. The maximum Gasteiger partial charge on any atom is 0.407 e. The number of carbonyl (C=O) groups is 1. The van der Waals surface area contributed by atoms with Gasteiger partial charge in [-0.3, -0.25) is 4.99 Å². The lowest BCUT2D eigenvalue weighted by molar-refractivity contribution is 0.0491. The van der Waals surface area contributed by atoms with Crippen LogP contribution in [-0.2, 0) is 4.74 Å². The first-order valence-corrected chi connectivity index (χ1v) is 8.08. The molecule has 0 bridgehead atoms. The van der Waals surface area contributed by atoms with E-state index < -0.39 is 5.60 Å². The quantitative estimate of drug-likeness (QED) is 0.625. The first kappa shape index (κ1) is 16.3. The molecule has 1 amide bonds. The Kier molecular flexibility index (Phi) is 6.17. The van der Waals surface area contributed by atoms with E-state index in [1.807, 2.05) is 27.8 Å². The summed E-state index contributed by atoms with van der Waals surface area (Å²) in [6.07, 6.45) is 5.97. The molecule has 19 heavy (non-hydrogen) atoms. The van der Waals surface area contributed by atoms with Crippen LogP contribution in [0.25, 0.3) is 0 Å². The molecule has 110 valence electrons. The fraction of sp³-hybridized carbons (Fsp3) is 0.857. The summed E-state index contributed by atoms with van der Waals surface area (Å²) in [5, 5.41) is 4.20. The second kappa shape index (κ2) is 7.17. The minimum Gasteiger partial charge on any atom is -0.444 e. The van der Waals surface area contributed by atoms with E-state index in [9.17, 15) is 4.79 Å². The number of ether oxygens (including phenoxy) is 1. The molecule has 0 saturated heterocycles. The van der Waals surface area contributed by atoms with Gasteiger partial charge in [0.05, 0.1) is 5.04 Å². The number of nitrogens with zero attached hydrogens (tertiary/aromatic N) is 1. The standard InChI is InChI=1S/C14H26N2O2S/c1-14(2,3)18-13(17)16-11-8-6-10(7-9-11)12(15-4)19-5/h10-11H,6-9H2,1-5H3,(H,16,17)/t10-,11-. The molecule has 1 rings (SSSR count). The van der Waals surface area contributed by atoms with E-state index in [0.29, 0.717) is 5.92 Å². The minimum absolute atomic E-state index is 0.242. The Labute approximate surface area is 120 Å². The van der Waals surface area contributed by atoms with Gasteiger partial charge in [-0.2, -0.15) is 0 Å². The zero-order valence-corrected chi connectivity index (χ0v) is 13.5. The monoisotopic (exact) mass is 286 g/mol. The molecule has 0 aromatic rings. The summed E-state index contributed by atoms with van der Waals surface area (Å²) in [4.78, 5) is 16.0. The molecule has 0 spiro atoms. The Bertz CT molecular complexity index is 329. The third-order valence-electron chi connectivity index (χ3n) is 3.23. The number of hydrogen-bond acceptors (Lipinski definition) is 4.